The second-order valence-electron chi connectivity index (χ2n) is 8.67. The average Bonchev–Trinajstić information content (AvgIpc) is 3.15. The number of fused-ring (bicyclic) bond motifs is 1. The highest BCUT2D eigenvalue weighted by atomic mass is 32.2. The van der Waals surface area contributed by atoms with Crippen molar-refractivity contribution in [3.8, 4) is 0 Å². The number of nitrogens with zero attached hydrogens (tertiary/aromatic N) is 2. The highest BCUT2D eigenvalue weighted by Gasteiger charge is 2.42. The summed E-state index contributed by atoms with van der Waals surface area (Å²) < 4.78 is 5.19. The smallest absolute Gasteiger partial charge is 0.338 e. The van der Waals surface area contributed by atoms with Gasteiger partial charge in [-0.05, 0) is 49.1 Å². The van der Waals surface area contributed by atoms with Crippen molar-refractivity contribution in [3.63, 3.8) is 0 Å². The van der Waals surface area contributed by atoms with Gasteiger partial charge >= 0.3 is 5.97 Å². The Bertz CT molecular complexity index is 994. The van der Waals surface area contributed by atoms with Crippen LogP contribution in [0.5, 0.6) is 0 Å². The molecule has 2 aliphatic heterocycles. The van der Waals surface area contributed by atoms with Gasteiger partial charge < -0.3 is 15.0 Å². The van der Waals surface area contributed by atoms with E-state index < -0.39 is 0 Å². The molecule has 1 amide bonds. The van der Waals surface area contributed by atoms with E-state index in [0.717, 1.165) is 39.7 Å². The number of benzene rings is 1. The molecule has 1 aromatic carbocycles. The normalized spacial score (nSPS) is 17.8. The van der Waals surface area contributed by atoms with Gasteiger partial charge in [0.05, 0.1) is 30.8 Å². The number of carbonyl (C=O) groups is 2. The number of hydrogen-bond donors (Lipinski definition) is 1. The van der Waals surface area contributed by atoms with E-state index in [1.54, 1.807) is 0 Å². The van der Waals surface area contributed by atoms with E-state index in [1.807, 2.05) is 31.1 Å². The Morgan fingerprint density at radius 3 is 2.69 bits per heavy atom. The zero-order chi connectivity index (χ0) is 23.4. The quantitative estimate of drug-likeness (QED) is 0.559. The monoisotopic (exact) mass is 455 g/mol. The van der Waals surface area contributed by atoms with Crippen LogP contribution < -0.4 is 5.32 Å². The minimum Gasteiger partial charge on any atom is -0.466 e. The molecule has 0 spiro atoms. The van der Waals surface area contributed by atoms with Crippen LogP contribution in [0.1, 0.15) is 62.8 Å². The first kappa shape index (κ1) is 24.1. The summed E-state index contributed by atoms with van der Waals surface area (Å²) in [7, 11) is 1.40. The lowest BCUT2D eigenvalue weighted by Crippen LogP contribution is -2.38. The van der Waals surface area contributed by atoms with Crippen molar-refractivity contribution in [3.05, 3.63) is 57.3 Å². The summed E-state index contributed by atoms with van der Waals surface area (Å²) >= 11 is 1.50. The number of amidine groups is 1. The fraction of sp³-hybridized carbons (Fsp3) is 0.480. The fourth-order valence-electron chi connectivity index (χ4n) is 3.99. The molecule has 0 aliphatic carbocycles. The number of aryl methyl sites for hydroxylation is 2. The molecule has 32 heavy (non-hydrogen) atoms. The third-order valence-corrected chi connectivity index (χ3v) is 6.63. The number of methoxy groups -OCH3 is 1. The lowest BCUT2D eigenvalue weighted by molar-refractivity contribution is -0.136. The Morgan fingerprint density at radius 1 is 1.28 bits per heavy atom. The molecule has 0 saturated heterocycles. The molecule has 7 heteroatoms. The fourth-order valence-corrected chi connectivity index (χ4v) is 4.93. The third-order valence-electron chi connectivity index (χ3n) is 5.74. The van der Waals surface area contributed by atoms with E-state index in [2.05, 4.69) is 37.4 Å². The Hall–Kier alpha value is -2.54. The molecule has 2 aliphatic rings. The molecular formula is C25H33N3O3S. The van der Waals surface area contributed by atoms with E-state index in [-0.39, 0.29) is 24.3 Å². The van der Waals surface area contributed by atoms with Crippen LogP contribution in [0.3, 0.4) is 0 Å². The SMILES string of the molecule is CCC1=C(C(=O)OC)[C@H](c2cc(C)ccc2C)N2C(CC(=O)NCCC(C)C)=CSC2=N1. The largest absolute Gasteiger partial charge is 0.466 e. The van der Waals surface area contributed by atoms with Crippen LogP contribution in [0, 0.1) is 19.8 Å². The molecule has 0 unspecified atom stereocenters. The van der Waals surface area contributed by atoms with E-state index in [9.17, 15) is 9.59 Å². The number of aliphatic imine (C=N–C) groups is 1. The van der Waals surface area contributed by atoms with Crippen molar-refractivity contribution in [2.45, 2.75) is 59.9 Å². The number of esters is 1. The maximum absolute atomic E-state index is 13.0. The Balaban J connectivity index is 2.00. The predicted octanol–water partition coefficient (Wildman–Crippen LogP) is 4.99. The molecular weight excluding hydrogens is 422 g/mol. The van der Waals surface area contributed by atoms with Gasteiger partial charge in [-0.3, -0.25) is 4.79 Å². The number of nitrogens with one attached hydrogen (secondary N) is 1. The van der Waals surface area contributed by atoms with Crippen LogP contribution in [0.4, 0.5) is 0 Å². The molecule has 0 saturated carbocycles. The van der Waals surface area contributed by atoms with E-state index >= 15 is 0 Å². The lowest BCUT2D eigenvalue weighted by Gasteiger charge is -2.37. The summed E-state index contributed by atoms with van der Waals surface area (Å²) in [5.74, 6) is 0.128. The maximum atomic E-state index is 13.0. The maximum Gasteiger partial charge on any atom is 0.338 e. The summed E-state index contributed by atoms with van der Waals surface area (Å²) in [5, 5.41) is 5.79. The van der Waals surface area contributed by atoms with Crippen LogP contribution in [0.25, 0.3) is 0 Å². The molecule has 0 aromatic heterocycles. The molecule has 6 nitrogen and oxygen atoms in total. The van der Waals surface area contributed by atoms with Gasteiger partial charge in [0.15, 0.2) is 5.17 Å². The number of allylic oxidation sites excluding steroid dienone is 1. The molecule has 0 radical (unpaired) electrons. The van der Waals surface area contributed by atoms with Crippen molar-refractivity contribution in [1.29, 1.82) is 0 Å². The van der Waals surface area contributed by atoms with Crippen molar-refractivity contribution in [2.24, 2.45) is 10.9 Å². The van der Waals surface area contributed by atoms with Gasteiger partial charge in [-0.25, -0.2) is 9.79 Å². The number of rotatable bonds is 8. The molecule has 1 N–H and O–H groups in total. The minimum atomic E-state index is -0.381. The van der Waals surface area contributed by atoms with Gasteiger partial charge in [-0.15, -0.1) is 0 Å². The van der Waals surface area contributed by atoms with Crippen LogP contribution in [-0.4, -0.2) is 35.6 Å². The molecule has 0 fully saturated rings. The van der Waals surface area contributed by atoms with Crippen molar-refractivity contribution in [1.82, 2.24) is 10.2 Å². The summed E-state index contributed by atoms with van der Waals surface area (Å²) in [4.78, 5) is 32.5. The second-order valence-corrected chi connectivity index (χ2v) is 9.51. The first-order valence-corrected chi connectivity index (χ1v) is 12.0. The lowest BCUT2D eigenvalue weighted by atomic mass is 9.89. The van der Waals surface area contributed by atoms with E-state index in [0.29, 0.717) is 24.5 Å². The summed E-state index contributed by atoms with van der Waals surface area (Å²) in [5.41, 5.74) is 5.34. The topological polar surface area (TPSA) is 71.0 Å². The van der Waals surface area contributed by atoms with Gasteiger partial charge in [0.1, 0.15) is 0 Å². The highest BCUT2D eigenvalue weighted by Crippen LogP contribution is 2.46. The Morgan fingerprint density at radius 2 is 2.03 bits per heavy atom. The first-order chi connectivity index (χ1) is 15.3. The molecule has 0 bridgehead atoms. The average molecular weight is 456 g/mol. The van der Waals surface area contributed by atoms with Gasteiger partial charge in [0.25, 0.3) is 0 Å². The zero-order valence-electron chi connectivity index (χ0n) is 19.8. The molecule has 2 heterocycles. The van der Waals surface area contributed by atoms with Gasteiger partial charge in [0.2, 0.25) is 5.91 Å². The second kappa shape index (κ2) is 10.4. The van der Waals surface area contributed by atoms with Crippen LogP contribution >= 0.6 is 11.8 Å². The standard InChI is InChI=1S/C25H33N3O3S/c1-7-20-22(24(30)31-6)23(19-12-16(4)8-9-17(19)5)28-18(14-32-25(28)27-20)13-21(29)26-11-10-15(2)3/h8-9,12,14-15,23H,7,10-11,13H2,1-6H3,(H,26,29)/t23-/m0/s1. The number of thioether (sulfide) groups is 1. The van der Waals surface area contributed by atoms with Crippen molar-refractivity contribution in [2.75, 3.05) is 13.7 Å². The number of carbonyl (C=O) groups excluding carboxylic acids is 2. The van der Waals surface area contributed by atoms with Crippen LogP contribution in [-0.2, 0) is 14.3 Å². The van der Waals surface area contributed by atoms with Gasteiger partial charge in [0, 0.05) is 12.2 Å². The Labute approximate surface area is 195 Å². The Kier molecular flexibility index (Phi) is 7.82. The molecule has 1 aromatic rings. The van der Waals surface area contributed by atoms with Crippen molar-refractivity contribution >= 4 is 28.8 Å². The number of hydrogen-bond acceptors (Lipinski definition) is 6. The third kappa shape index (κ3) is 5.09. The molecule has 172 valence electrons. The van der Waals surface area contributed by atoms with Crippen molar-refractivity contribution < 1.29 is 14.3 Å². The number of ether oxygens (including phenoxy) is 1. The molecule has 1 atom stereocenters. The van der Waals surface area contributed by atoms with Gasteiger partial charge in [-0.1, -0.05) is 56.3 Å². The van der Waals surface area contributed by atoms with Crippen LogP contribution in [0.15, 0.2) is 45.6 Å². The predicted molar refractivity (Wildman–Crippen MR) is 130 cm³/mol. The van der Waals surface area contributed by atoms with E-state index in [4.69, 9.17) is 9.73 Å². The highest BCUT2D eigenvalue weighted by molar-refractivity contribution is 8.16. The summed E-state index contributed by atoms with van der Waals surface area (Å²) in [6.45, 7) is 11.0. The first-order valence-electron chi connectivity index (χ1n) is 11.2. The minimum absolute atomic E-state index is 0.0247. The summed E-state index contributed by atoms with van der Waals surface area (Å²) in [6, 6.07) is 5.87. The summed E-state index contributed by atoms with van der Waals surface area (Å²) in [6.07, 6.45) is 1.80. The van der Waals surface area contributed by atoms with E-state index in [1.165, 1.54) is 18.9 Å². The van der Waals surface area contributed by atoms with Crippen LogP contribution in [0.2, 0.25) is 0 Å². The molecule has 3 rings (SSSR count). The number of amides is 1. The zero-order valence-corrected chi connectivity index (χ0v) is 20.6. The van der Waals surface area contributed by atoms with Gasteiger partial charge in [-0.2, -0.15) is 0 Å².